The maximum Gasteiger partial charge on any atom is 0.143 e. The normalized spacial score (nSPS) is 13.5. The molecule has 3 nitrogen and oxygen atoms in total. The fraction of sp³-hybridized carbons (Fsp3) is 0.222. The Morgan fingerprint density at radius 1 is 1.54 bits per heavy atom. The van der Waals surface area contributed by atoms with Crippen molar-refractivity contribution in [3.8, 4) is 0 Å². The van der Waals surface area contributed by atoms with Crippen LogP contribution in [0.1, 0.15) is 18.9 Å². The van der Waals surface area contributed by atoms with E-state index in [4.69, 9.17) is 11.6 Å². The summed E-state index contributed by atoms with van der Waals surface area (Å²) in [6.45, 7) is 1.66. The number of aliphatic hydroxyl groups excluding tert-OH is 1. The smallest absolute Gasteiger partial charge is 0.143 e. The topological polar surface area (TPSA) is 37.5 Å². The van der Waals surface area contributed by atoms with Gasteiger partial charge in [-0.05, 0) is 19.1 Å². The van der Waals surface area contributed by atoms with E-state index in [1.807, 2.05) is 12.1 Å². The van der Waals surface area contributed by atoms with E-state index in [0.29, 0.717) is 11.0 Å². The first-order chi connectivity index (χ1) is 6.20. The number of aromatic nitrogens is 2. The molecular weight excluding hydrogens is 188 g/mol. The second kappa shape index (κ2) is 3.01. The minimum absolute atomic E-state index is 0.561. The van der Waals surface area contributed by atoms with E-state index in [1.54, 1.807) is 23.6 Å². The highest BCUT2D eigenvalue weighted by Gasteiger charge is 2.10. The van der Waals surface area contributed by atoms with Gasteiger partial charge in [0.25, 0.3) is 0 Å². The van der Waals surface area contributed by atoms with Gasteiger partial charge in [-0.25, -0.2) is 4.98 Å². The molecule has 0 radical (unpaired) electrons. The molecule has 2 aromatic heterocycles. The van der Waals surface area contributed by atoms with E-state index in [2.05, 4.69) is 4.98 Å². The molecule has 2 rings (SSSR count). The van der Waals surface area contributed by atoms with Gasteiger partial charge in [-0.2, -0.15) is 0 Å². The van der Waals surface area contributed by atoms with Gasteiger partial charge in [-0.3, -0.25) is 4.40 Å². The van der Waals surface area contributed by atoms with Crippen molar-refractivity contribution in [3.05, 3.63) is 35.4 Å². The fourth-order valence-corrected chi connectivity index (χ4v) is 1.58. The zero-order chi connectivity index (χ0) is 9.42. The van der Waals surface area contributed by atoms with Gasteiger partial charge in [0, 0.05) is 0 Å². The Hall–Kier alpha value is -1.06. The number of pyridine rings is 1. The molecule has 0 aromatic carbocycles. The van der Waals surface area contributed by atoms with Gasteiger partial charge in [0.05, 0.1) is 11.7 Å². The number of halogens is 1. The van der Waals surface area contributed by atoms with Crippen LogP contribution in [0.15, 0.2) is 24.4 Å². The first kappa shape index (κ1) is 8.53. The van der Waals surface area contributed by atoms with Crippen LogP contribution in [0.2, 0.25) is 5.15 Å². The molecule has 2 heterocycles. The molecule has 0 fully saturated rings. The van der Waals surface area contributed by atoms with Crippen molar-refractivity contribution in [2.45, 2.75) is 13.0 Å². The summed E-state index contributed by atoms with van der Waals surface area (Å²) in [6, 6.07) is 5.51. The molecule has 0 aliphatic carbocycles. The highest BCUT2D eigenvalue weighted by atomic mass is 35.5. The number of aliphatic hydroxyl groups is 1. The standard InChI is InChI=1S/C9H9ClN2O/c1-6(13)9-11-5-7-3-2-4-8(10)12(7)9/h2-6,13H,1H3. The van der Waals surface area contributed by atoms with Crippen LogP contribution in [0.5, 0.6) is 0 Å². The Bertz CT molecular complexity index is 436. The number of fused-ring (bicyclic) bond motifs is 1. The Morgan fingerprint density at radius 2 is 2.31 bits per heavy atom. The lowest BCUT2D eigenvalue weighted by Gasteiger charge is -2.04. The molecular formula is C9H9ClN2O. The van der Waals surface area contributed by atoms with Crippen LogP contribution in [-0.4, -0.2) is 14.5 Å². The molecule has 0 amide bonds. The third-order valence-electron chi connectivity index (χ3n) is 1.90. The lowest BCUT2D eigenvalue weighted by Crippen LogP contribution is -1.99. The van der Waals surface area contributed by atoms with Crippen molar-refractivity contribution in [1.82, 2.24) is 9.38 Å². The third kappa shape index (κ3) is 1.30. The van der Waals surface area contributed by atoms with Gasteiger partial charge >= 0.3 is 0 Å². The van der Waals surface area contributed by atoms with Crippen LogP contribution in [-0.2, 0) is 0 Å². The van der Waals surface area contributed by atoms with Crippen molar-refractivity contribution in [1.29, 1.82) is 0 Å². The summed E-state index contributed by atoms with van der Waals surface area (Å²) in [4.78, 5) is 4.08. The van der Waals surface area contributed by atoms with Gasteiger partial charge in [-0.1, -0.05) is 17.7 Å². The molecule has 0 saturated carbocycles. The van der Waals surface area contributed by atoms with Gasteiger partial charge in [0.15, 0.2) is 0 Å². The van der Waals surface area contributed by atoms with Crippen LogP contribution in [0.3, 0.4) is 0 Å². The van der Waals surface area contributed by atoms with Crippen LogP contribution in [0.4, 0.5) is 0 Å². The maximum atomic E-state index is 9.39. The molecule has 0 bridgehead atoms. The quantitative estimate of drug-likeness (QED) is 0.709. The van der Waals surface area contributed by atoms with E-state index >= 15 is 0 Å². The molecule has 0 aliphatic heterocycles. The molecule has 4 heteroatoms. The van der Waals surface area contributed by atoms with E-state index < -0.39 is 6.10 Å². The van der Waals surface area contributed by atoms with E-state index in [9.17, 15) is 5.11 Å². The van der Waals surface area contributed by atoms with Gasteiger partial charge in [0.2, 0.25) is 0 Å². The number of nitrogens with zero attached hydrogens (tertiary/aromatic N) is 2. The molecule has 2 aromatic rings. The lowest BCUT2D eigenvalue weighted by atomic mass is 10.4. The fourth-order valence-electron chi connectivity index (χ4n) is 1.33. The second-order valence-electron chi connectivity index (χ2n) is 2.90. The average molecular weight is 197 g/mol. The Kier molecular flexibility index (Phi) is 1.98. The van der Waals surface area contributed by atoms with E-state index in [-0.39, 0.29) is 0 Å². The summed E-state index contributed by atoms with van der Waals surface area (Å²) in [6.07, 6.45) is 1.08. The van der Waals surface area contributed by atoms with Crippen molar-refractivity contribution >= 4 is 17.1 Å². The minimum Gasteiger partial charge on any atom is -0.385 e. The first-order valence-electron chi connectivity index (χ1n) is 4.00. The molecule has 1 N–H and O–H groups in total. The Labute approximate surface area is 80.6 Å². The lowest BCUT2D eigenvalue weighted by molar-refractivity contribution is 0.188. The molecule has 1 unspecified atom stereocenters. The summed E-state index contributed by atoms with van der Waals surface area (Å²) in [5.41, 5.74) is 0.892. The zero-order valence-electron chi connectivity index (χ0n) is 7.11. The van der Waals surface area contributed by atoms with E-state index in [0.717, 1.165) is 5.52 Å². The molecule has 13 heavy (non-hydrogen) atoms. The highest BCUT2D eigenvalue weighted by molar-refractivity contribution is 6.29. The molecule has 0 spiro atoms. The summed E-state index contributed by atoms with van der Waals surface area (Å²) in [5.74, 6) is 0.570. The molecule has 0 aliphatic rings. The number of rotatable bonds is 1. The molecule has 68 valence electrons. The highest BCUT2D eigenvalue weighted by Crippen LogP contribution is 2.19. The summed E-state index contributed by atoms with van der Waals surface area (Å²) in [5, 5.41) is 9.95. The summed E-state index contributed by atoms with van der Waals surface area (Å²) in [7, 11) is 0. The van der Waals surface area contributed by atoms with Crippen molar-refractivity contribution in [2.24, 2.45) is 0 Å². The predicted octanol–water partition coefficient (Wildman–Crippen LogP) is 2.04. The number of hydrogen-bond acceptors (Lipinski definition) is 2. The Morgan fingerprint density at radius 3 is 3.00 bits per heavy atom. The van der Waals surface area contributed by atoms with Crippen LogP contribution in [0, 0.1) is 0 Å². The van der Waals surface area contributed by atoms with Crippen LogP contribution >= 0.6 is 11.6 Å². The minimum atomic E-state index is -0.609. The zero-order valence-corrected chi connectivity index (χ0v) is 7.86. The van der Waals surface area contributed by atoms with Gasteiger partial charge in [-0.15, -0.1) is 0 Å². The Balaban J connectivity index is 2.79. The van der Waals surface area contributed by atoms with Crippen molar-refractivity contribution in [2.75, 3.05) is 0 Å². The first-order valence-corrected chi connectivity index (χ1v) is 4.38. The molecule has 0 saturated heterocycles. The summed E-state index contributed by atoms with van der Waals surface area (Å²) >= 11 is 5.96. The van der Waals surface area contributed by atoms with Gasteiger partial charge < -0.3 is 5.11 Å². The van der Waals surface area contributed by atoms with Crippen molar-refractivity contribution in [3.63, 3.8) is 0 Å². The third-order valence-corrected chi connectivity index (χ3v) is 2.20. The predicted molar refractivity (Wildman–Crippen MR) is 50.8 cm³/mol. The van der Waals surface area contributed by atoms with Crippen LogP contribution in [0.25, 0.3) is 5.52 Å². The summed E-state index contributed by atoms with van der Waals surface area (Å²) < 4.78 is 1.73. The van der Waals surface area contributed by atoms with E-state index in [1.165, 1.54) is 0 Å². The average Bonchev–Trinajstić information content (AvgIpc) is 2.49. The van der Waals surface area contributed by atoms with Crippen LogP contribution < -0.4 is 0 Å². The second-order valence-corrected chi connectivity index (χ2v) is 3.29. The van der Waals surface area contributed by atoms with Gasteiger partial charge in [0.1, 0.15) is 17.1 Å². The van der Waals surface area contributed by atoms with Crippen molar-refractivity contribution < 1.29 is 5.11 Å². The number of imidazole rings is 1. The maximum absolute atomic E-state index is 9.39. The SMILES string of the molecule is CC(O)c1ncc2cccc(Cl)n12. The monoisotopic (exact) mass is 196 g/mol. The number of hydrogen-bond donors (Lipinski definition) is 1. The molecule has 1 atom stereocenters. The largest absolute Gasteiger partial charge is 0.385 e.